The number of nitrogens with one attached hydrogen (secondary N) is 2. The predicted molar refractivity (Wildman–Crippen MR) is 54.4 cm³/mol. The van der Waals surface area contributed by atoms with Gasteiger partial charge in [0.05, 0.1) is 5.92 Å². The Labute approximate surface area is 88.6 Å². The van der Waals surface area contributed by atoms with Crippen LogP contribution < -0.4 is 9.44 Å². The number of carboxylic acid groups (broad SMARTS) is 1. The van der Waals surface area contributed by atoms with Crippen LogP contribution >= 0.6 is 0 Å². The standard InChI is InChI=1S/C8H14N2O4S/c1-2-9-15(13,14)10-7-4-3-6(5-7)8(11)12/h3-4,6-7,9-10H,2,5H2,1H3,(H,11,12). The van der Waals surface area contributed by atoms with Gasteiger partial charge in [-0.3, -0.25) is 4.79 Å². The second-order valence-corrected chi connectivity index (χ2v) is 4.82. The average molecular weight is 234 g/mol. The van der Waals surface area contributed by atoms with Crippen LogP contribution in [0.1, 0.15) is 13.3 Å². The van der Waals surface area contributed by atoms with Crippen LogP contribution in [0.15, 0.2) is 12.2 Å². The molecular weight excluding hydrogens is 220 g/mol. The zero-order valence-electron chi connectivity index (χ0n) is 8.30. The Balaban J connectivity index is 2.51. The fourth-order valence-electron chi connectivity index (χ4n) is 1.40. The first-order chi connectivity index (χ1) is 6.94. The van der Waals surface area contributed by atoms with Crippen molar-refractivity contribution < 1.29 is 18.3 Å². The summed E-state index contributed by atoms with van der Waals surface area (Å²) in [6.07, 6.45) is 3.33. The highest BCUT2D eigenvalue weighted by atomic mass is 32.2. The van der Waals surface area contributed by atoms with E-state index in [-0.39, 0.29) is 6.42 Å². The molecule has 15 heavy (non-hydrogen) atoms. The molecule has 6 nitrogen and oxygen atoms in total. The lowest BCUT2D eigenvalue weighted by Crippen LogP contribution is -2.41. The van der Waals surface area contributed by atoms with Crippen molar-refractivity contribution in [3.63, 3.8) is 0 Å². The second-order valence-electron chi connectivity index (χ2n) is 3.29. The van der Waals surface area contributed by atoms with Gasteiger partial charge >= 0.3 is 5.97 Å². The van der Waals surface area contributed by atoms with Crippen LogP contribution in [0.4, 0.5) is 0 Å². The van der Waals surface area contributed by atoms with E-state index in [4.69, 9.17) is 5.11 Å². The van der Waals surface area contributed by atoms with Crippen LogP contribution in [0.2, 0.25) is 0 Å². The largest absolute Gasteiger partial charge is 0.481 e. The van der Waals surface area contributed by atoms with Gasteiger partial charge in [0.1, 0.15) is 0 Å². The number of hydrogen-bond acceptors (Lipinski definition) is 3. The third kappa shape index (κ3) is 3.61. The Morgan fingerprint density at radius 2 is 2.20 bits per heavy atom. The first-order valence-electron chi connectivity index (χ1n) is 4.62. The predicted octanol–water partition coefficient (Wildman–Crippen LogP) is -0.540. The van der Waals surface area contributed by atoms with Gasteiger partial charge in [-0.05, 0) is 6.42 Å². The van der Waals surface area contributed by atoms with E-state index in [1.54, 1.807) is 13.0 Å². The Morgan fingerprint density at radius 3 is 2.67 bits per heavy atom. The van der Waals surface area contributed by atoms with Crippen LogP contribution in [0.5, 0.6) is 0 Å². The first kappa shape index (κ1) is 12.2. The molecule has 0 aromatic rings. The van der Waals surface area contributed by atoms with Gasteiger partial charge in [0, 0.05) is 12.6 Å². The summed E-state index contributed by atoms with van der Waals surface area (Å²) in [6, 6.07) is -0.435. The molecule has 0 saturated carbocycles. The highest BCUT2D eigenvalue weighted by Crippen LogP contribution is 2.18. The molecule has 0 aliphatic heterocycles. The topological polar surface area (TPSA) is 95.5 Å². The van der Waals surface area contributed by atoms with E-state index < -0.39 is 28.1 Å². The minimum absolute atomic E-state index is 0.264. The molecule has 86 valence electrons. The quantitative estimate of drug-likeness (QED) is 0.557. The molecule has 2 atom stereocenters. The maximum atomic E-state index is 11.3. The Kier molecular flexibility index (Phi) is 3.83. The van der Waals surface area contributed by atoms with Gasteiger partial charge in [-0.25, -0.2) is 4.72 Å². The van der Waals surface area contributed by atoms with Crippen LogP contribution in [0, 0.1) is 5.92 Å². The lowest BCUT2D eigenvalue weighted by molar-refractivity contribution is -0.140. The smallest absolute Gasteiger partial charge is 0.310 e. The van der Waals surface area contributed by atoms with Crippen molar-refractivity contribution in [2.75, 3.05) is 6.54 Å². The van der Waals surface area contributed by atoms with Gasteiger partial charge in [0.15, 0.2) is 0 Å². The van der Waals surface area contributed by atoms with Gasteiger partial charge in [-0.15, -0.1) is 0 Å². The maximum absolute atomic E-state index is 11.3. The van der Waals surface area contributed by atoms with E-state index in [0.29, 0.717) is 6.54 Å². The van der Waals surface area contributed by atoms with E-state index in [0.717, 1.165) is 0 Å². The summed E-state index contributed by atoms with van der Waals surface area (Å²) < 4.78 is 27.1. The molecule has 0 saturated heterocycles. The summed E-state index contributed by atoms with van der Waals surface area (Å²) in [4.78, 5) is 10.6. The van der Waals surface area contributed by atoms with Crippen molar-refractivity contribution in [1.29, 1.82) is 0 Å². The molecule has 0 aromatic carbocycles. The Morgan fingerprint density at radius 1 is 1.53 bits per heavy atom. The van der Waals surface area contributed by atoms with E-state index in [2.05, 4.69) is 9.44 Å². The minimum Gasteiger partial charge on any atom is -0.481 e. The maximum Gasteiger partial charge on any atom is 0.310 e. The lowest BCUT2D eigenvalue weighted by Gasteiger charge is -2.12. The van der Waals surface area contributed by atoms with E-state index in [9.17, 15) is 13.2 Å². The molecule has 2 unspecified atom stereocenters. The van der Waals surface area contributed by atoms with Crippen LogP contribution in [-0.4, -0.2) is 32.1 Å². The molecule has 0 amide bonds. The summed E-state index contributed by atoms with van der Waals surface area (Å²) in [7, 11) is -3.51. The Hall–Kier alpha value is -0.920. The van der Waals surface area contributed by atoms with E-state index in [1.165, 1.54) is 6.08 Å². The molecule has 0 fully saturated rings. The van der Waals surface area contributed by atoms with Gasteiger partial charge in [0.25, 0.3) is 10.2 Å². The zero-order valence-corrected chi connectivity index (χ0v) is 9.12. The van der Waals surface area contributed by atoms with E-state index in [1.807, 2.05) is 0 Å². The third-order valence-electron chi connectivity index (χ3n) is 2.04. The molecule has 0 aromatic heterocycles. The van der Waals surface area contributed by atoms with Crippen molar-refractivity contribution in [1.82, 2.24) is 9.44 Å². The highest BCUT2D eigenvalue weighted by molar-refractivity contribution is 7.87. The number of rotatable bonds is 5. The SMILES string of the molecule is CCNS(=O)(=O)NC1C=CC(C(=O)O)C1. The van der Waals surface area contributed by atoms with Gasteiger partial charge in [-0.1, -0.05) is 19.1 Å². The Bertz CT molecular complexity index is 363. The number of carboxylic acids is 1. The fraction of sp³-hybridized carbons (Fsp3) is 0.625. The average Bonchev–Trinajstić information content (AvgIpc) is 2.51. The van der Waals surface area contributed by atoms with Crippen LogP contribution in [-0.2, 0) is 15.0 Å². The summed E-state index contributed by atoms with van der Waals surface area (Å²) in [6.45, 7) is 1.97. The van der Waals surface area contributed by atoms with Gasteiger partial charge in [0.2, 0.25) is 0 Å². The molecular formula is C8H14N2O4S. The number of carbonyl (C=O) groups is 1. The van der Waals surface area contributed by atoms with Gasteiger partial charge < -0.3 is 5.11 Å². The van der Waals surface area contributed by atoms with Gasteiger partial charge in [-0.2, -0.15) is 13.1 Å². The van der Waals surface area contributed by atoms with Crippen molar-refractivity contribution in [2.24, 2.45) is 5.92 Å². The molecule has 1 aliphatic rings. The summed E-state index contributed by atoms with van der Waals surface area (Å²) in [5.41, 5.74) is 0. The van der Waals surface area contributed by atoms with Crippen LogP contribution in [0.3, 0.4) is 0 Å². The fourth-order valence-corrected chi connectivity index (χ4v) is 2.44. The van der Waals surface area contributed by atoms with Crippen molar-refractivity contribution >= 4 is 16.2 Å². The molecule has 1 rings (SSSR count). The summed E-state index contributed by atoms with van der Waals surface area (Å²) >= 11 is 0. The van der Waals surface area contributed by atoms with Crippen molar-refractivity contribution in [3.05, 3.63) is 12.2 Å². The normalized spacial score (nSPS) is 25.7. The van der Waals surface area contributed by atoms with Crippen molar-refractivity contribution in [2.45, 2.75) is 19.4 Å². The van der Waals surface area contributed by atoms with Crippen molar-refractivity contribution in [3.8, 4) is 0 Å². The molecule has 0 spiro atoms. The summed E-state index contributed by atoms with van der Waals surface area (Å²) in [5.74, 6) is -1.53. The third-order valence-corrected chi connectivity index (χ3v) is 3.32. The number of aliphatic carboxylic acids is 1. The molecule has 1 aliphatic carbocycles. The monoisotopic (exact) mass is 234 g/mol. The number of hydrogen-bond donors (Lipinski definition) is 3. The molecule has 3 N–H and O–H groups in total. The summed E-state index contributed by atoms with van der Waals surface area (Å²) in [5, 5.41) is 8.69. The minimum atomic E-state index is -3.51. The highest BCUT2D eigenvalue weighted by Gasteiger charge is 2.26. The zero-order chi connectivity index (χ0) is 11.5. The molecule has 7 heteroatoms. The lowest BCUT2D eigenvalue weighted by atomic mass is 10.1. The molecule has 0 radical (unpaired) electrons. The van der Waals surface area contributed by atoms with Crippen LogP contribution in [0.25, 0.3) is 0 Å². The second kappa shape index (κ2) is 4.73. The van der Waals surface area contributed by atoms with E-state index >= 15 is 0 Å². The molecule has 0 heterocycles. The molecule has 0 bridgehead atoms. The first-order valence-corrected chi connectivity index (χ1v) is 6.11.